The van der Waals surface area contributed by atoms with E-state index in [4.69, 9.17) is 18.9 Å². The van der Waals surface area contributed by atoms with Gasteiger partial charge in [-0.15, -0.1) is 0 Å². The summed E-state index contributed by atoms with van der Waals surface area (Å²) in [7, 11) is 0. The van der Waals surface area contributed by atoms with E-state index in [-0.39, 0.29) is 19.8 Å². The quantitative estimate of drug-likeness (QED) is 0.344. The summed E-state index contributed by atoms with van der Waals surface area (Å²) in [6, 6.07) is -2.36. The van der Waals surface area contributed by atoms with Crippen LogP contribution in [0.2, 0.25) is 0 Å². The van der Waals surface area contributed by atoms with Crippen molar-refractivity contribution in [2.24, 2.45) is 5.92 Å². The van der Waals surface area contributed by atoms with Gasteiger partial charge in [-0.25, -0.2) is 9.59 Å². The molecule has 1 saturated carbocycles. The van der Waals surface area contributed by atoms with Crippen LogP contribution >= 0.6 is 0 Å². The third-order valence-electron chi connectivity index (χ3n) is 5.08. The molecule has 1 heterocycles. The van der Waals surface area contributed by atoms with Gasteiger partial charge in [-0.1, -0.05) is 0 Å². The topological polar surface area (TPSA) is 155 Å². The molecular formula is C17H27NO10. The highest BCUT2D eigenvalue weighted by molar-refractivity contribution is 5.86. The molecule has 1 aliphatic heterocycles. The summed E-state index contributed by atoms with van der Waals surface area (Å²) in [4.78, 5) is 35.7. The number of carbonyl (C=O) groups excluding carboxylic acids is 2. The third-order valence-corrected chi connectivity index (χ3v) is 5.08. The first kappa shape index (κ1) is 22.5. The Kier molecular flexibility index (Phi) is 6.34. The molecule has 160 valence electrons. The number of ether oxygens (including phenoxy) is 4. The summed E-state index contributed by atoms with van der Waals surface area (Å²) in [6.07, 6.45) is -1.59. The Bertz CT molecular complexity index is 603. The lowest BCUT2D eigenvalue weighted by Gasteiger charge is -2.45. The minimum Gasteiger partial charge on any atom is -0.464 e. The van der Waals surface area contributed by atoms with Crippen LogP contribution in [0.15, 0.2) is 0 Å². The number of esters is 2. The van der Waals surface area contributed by atoms with E-state index in [1.807, 2.05) is 0 Å². The molecule has 0 amide bonds. The molecule has 0 aromatic carbocycles. The van der Waals surface area contributed by atoms with Gasteiger partial charge in [0.2, 0.25) is 11.2 Å². The lowest BCUT2D eigenvalue weighted by atomic mass is 9.64. The molecule has 0 aromatic rings. The van der Waals surface area contributed by atoms with Crippen LogP contribution < -0.4 is 0 Å². The fourth-order valence-corrected chi connectivity index (χ4v) is 3.95. The monoisotopic (exact) mass is 405 g/mol. The van der Waals surface area contributed by atoms with Crippen LogP contribution in [0, 0.1) is 16.0 Å². The summed E-state index contributed by atoms with van der Waals surface area (Å²) < 4.78 is 20.9. The van der Waals surface area contributed by atoms with Crippen molar-refractivity contribution in [1.29, 1.82) is 0 Å². The van der Waals surface area contributed by atoms with E-state index in [2.05, 4.69) is 0 Å². The Morgan fingerprint density at radius 3 is 1.89 bits per heavy atom. The molecule has 28 heavy (non-hydrogen) atoms. The highest BCUT2D eigenvalue weighted by Crippen LogP contribution is 2.45. The summed E-state index contributed by atoms with van der Waals surface area (Å²) in [5.41, 5.74) is -5.50. The maximum absolute atomic E-state index is 12.5. The minimum atomic E-state index is -2.75. The zero-order valence-electron chi connectivity index (χ0n) is 16.4. The van der Waals surface area contributed by atoms with Crippen molar-refractivity contribution in [3.05, 3.63) is 10.1 Å². The first-order chi connectivity index (χ1) is 12.9. The van der Waals surface area contributed by atoms with Crippen molar-refractivity contribution < 1.29 is 43.7 Å². The van der Waals surface area contributed by atoms with E-state index in [9.17, 15) is 29.9 Å². The summed E-state index contributed by atoms with van der Waals surface area (Å²) >= 11 is 0. The van der Waals surface area contributed by atoms with E-state index in [0.29, 0.717) is 0 Å². The number of nitro groups is 1. The minimum absolute atomic E-state index is 0.0681. The molecule has 0 radical (unpaired) electrons. The fourth-order valence-electron chi connectivity index (χ4n) is 3.95. The van der Waals surface area contributed by atoms with Crippen LogP contribution in [0.25, 0.3) is 0 Å². The van der Waals surface area contributed by atoms with Crippen LogP contribution in [0.1, 0.15) is 40.5 Å². The van der Waals surface area contributed by atoms with Crippen LogP contribution in [-0.2, 0) is 28.5 Å². The van der Waals surface area contributed by atoms with Crippen molar-refractivity contribution in [1.82, 2.24) is 0 Å². The Morgan fingerprint density at radius 1 is 1.11 bits per heavy atom. The van der Waals surface area contributed by atoms with E-state index in [0.717, 1.165) is 0 Å². The molecule has 2 N–H and O–H groups in total. The SMILES string of the molecule is CCOC(=O)[C@]1(O)C[C@H]([C@H]2COC(C)(C)O2)C[C@](O)(C(=O)OCC)[C@H]1[N+](=O)[O-]. The van der Waals surface area contributed by atoms with Crippen molar-refractivity contribution in [2.45, 2.75) is 69.7 Å². The Hall–Kier alpha value is -1.82. The number of nitrogens with zero attached hydrogens (tertiary/aromatic N) is 1. The highest BCUT2D eigenvalue weighted by atomic mass is 16.7. The van der Waals surface area contributed by atoms with Crippen molar-refractivity contribution >= 4 is 11.9 Å². The molecule has 2 fully saturated rings. The van der Waals surface area contributed by atoms with Gasteiger partial charge in [0.15, 0.2) is 5.79 Å². The molecule has 5 atom stereocenters. The van der Waals surface area contributed by atoms with Gasteiger partial charge in [0.25, 0.3) is 6.04 Å². The number of hydrogen-bond acceptors (Lipinski definition) is 10. The van der Waals surface area contributed by atoms with Gasteiger partial charge in [0.05, 0.1) is 25.9 Å². The smallest absolute Gasteiger partial charge is 0.345 e. The van der Waals surface area contributed by atoms with E-state index >= 15 is 0 Å². The Balaban J connectivity index is 2.50. The van der Waals surface area contributed by atoms with Gasteiger partial charge in [0, 0.05) is 4.92 Å². The van der Waals surface area contributed by atoms with Crippen LogP contribution in [0.4, 0.5) is 0 Å². The summed E-state index contributed by atoms with van der Waals surface area (Å²) in [6.45, 7) is 6.02. The van der Waals surface area contributed by atoms with Gasteiger partial charge in [-0.3, -0.25) is 10.1 Å². The molecule has 0 spiro atoms. The average molecular weight is 405 g/mol. The van der Waals surface area contributed by atoms with E-state index < -0.39 is 64.8 Å². The largest absolute Gasteiger partial charge is 0.464 e. The molecule has 11 heteroatoms. The number of carbonyl (C=O) groups is 2. The lowest BCUT2D eigenvalue weighted by Crippen LogP contribution is -2.72. The molecule has 2 rings (SSSR count). The normalized spacial score (nSPS) is 37.3. The number of hydrogen-bond donors (Lipinski definition) is 2. The van der Waals surface area contributed by atoms with Gasteiger partial charge < -0.3 is 29.2 Å². The van der Waals surface area contributed by atoms with Crippen molar-refractivity contribution in [3.63, 3.8) is 0 Å². The highest BCUT2D eigenvalue weighted by Gasteiger charge is 2.72. The molecule has 1 aliphatic carbocycles. The lowest BCUT2D eigenvalue weighted by molar-refractivity contribution is -0.567. The third kappa shape index (κ3) is 3.97. The second-order valence-electron chi connectivity index (χ2n) is 7.51. The second kappa shape index (κ2) is 7.90. The molecule has 0 unspecified atom stereocenters. The zero-order valence-corrected chi connectivity index (χ0v) is 16.4. The van der Waals surface area contributed by atoms with E-state index in [1.54, 1.807) is 13.8 Å². The summed E-state index contributed by atoms with van der Waals surface area (Å²) in [5.74, 6) is -4.33. The molecule has 0 bridgehead atoms. The van der Waals surface area contributed by atoms with Gasteiger partial charge >= 0.3 is 11.9 Å². The maximum Gasteiger partial charge on any atom is 0.345 e. The van der Waals surface area contributed by atoms with Crippen molar-refractivity contribution in [2.75, 3.05) is 19.8 Å². The van der Waals surface area contributed by atoms with Gasteiger partial charge in [-0.2, -0.15) is 0 Å². The predicted octanol–water partition coefficient (Wildman–Crippen LogP) is -0.218. The molecule has 0 aromatic heterocycles. The van der Waals surface area contributed by atoms with Crippen LogP contribution in [-0.4, -0.2) is 76.0 Å². The zero-order chi connectivity index (χ0) is 21.3. The summed E-state index contributed by atoms with van der Waals surface area (Å²) in [5, 5.41) is 33.8. The van der Waals surface area contributed by atoms with Crippen LogP contribution in [0.5, 0.6) is 0 Å². The molecule has 1 saturated heterocycles. The Morgan fingerprint density at radius 2 is 1.57 bits per heavy atom. The second-order valence-corrected chi connectivity index (χ2v) is 7.51. The molecule has 11 nitrogen and oxygen atoms in total. The van der Waals surface area contributed by atoms with Gasteiger partial charge in [-0.05, 0) is 46.5 Å². The first-order valence-corrected chi connectivity index (χ1v) is 9.15. The first-order valence-electron chi connectivity index (χ1n) is 9.15. The number of rotatable bonds is 6. The number of aliphatic hydroxyl groups is 2. The Labute approximate surface area is 162 Å². The van der Waals surface area contributed by atoms with Gasteiger partial charge in [0.1, 0.15) is 0 Å². The van der Waals surface area contributed by atoms with Crippen molar-refractivity contribution in [3.8, 4) is 0 Å². The predicted molar refractivity (Wildman–Crippen MR) is 91.6 cm³/mol. The molecular weight excluding hydrogens is 378 g/mol. The van der Waals surface area contributed by atoms with E-state index in [1.165, 1.54) is 13.8 Å². The fraction of sp³-hybridized carbons (Fsp3) is 0.882. The maximum atomic E-state index is 12.5. The van der Waals surface area contributed by atoms with Crippen LogP contribution in [0.3, 0.4) is 0 Å². The molecule has 2 aliphatic rings. The standard InChI is InChI=1S/C17H27NO10/c1-5-25-13(19)16(21)7-10(11-9-27-15(3,4)28-11)8-17(22,12(16)18(23)24)14(20)26-6-2/h10-12,21-22H,5-9H2,1-4H3/t10-,11-,12-,16-,17+/m1/s1. The average Bonchev–Trinajstić information content (AvgIpc) is 2.94.